The third-order valence-corrected chi connectivity index (χ3v) is 4.74. The molecule has 0 radical (unpaired) electrons. The van der Waals surface area contributed by atoms with E-state index >= 15 is 0 Å². The SMILES string of the molecule is CC(NC(=O)CCn1cnc2c(cnn2C)c1=O)c1ccc2c(c1)OCCO2. The number of fused-ring (bicyclic) bond motifs is 2. The van der Waals surface area contributed by atoms with Crippen LogP contribution in [0.1, 0.15) is 24.9 Å². The molecule has 9 nitrogen and oxygen atoms in total. The summed E-state index contributed by atoms with van der Waals surface area (Å²) in [5.74, 6) is 1.25. The molecule has 3 aromatic rings. The summed E-state index contributed by atoms with van der Waals surface area (Å²) in [7, 11) is 1.73. The Hall–Kier alpha value is -3.36. The Morgan fingerprint density at radius 2 is 2.07 bits per heavy atom. The molecule has 1 aliphatic rings. The van der Waals surface area contributed by atoms with E-state index in [1.165, 1.54) is 17.1 Å². The van der Waals surface area contributed by atoms with Gasteiger partial charge in [-0.2, -0.15) is 5.10 Å². The molecule has 3 heterocycles. The Morgan fingerprint density at radius 1 is 1.29 bits per heavy atom. The molecule has 146 valence electrons. The van der Waals surface area contributed by atoms with Crippen LogP contribution in [0.2, 0.25) is 0 Å². The second kappa shape index (κ2) is 7.34. The van der Waals surface area contributed by atoms with Crippen LogP contribution >= 0.6 is 0 Å². The van der Waals surface area contributed by atoms with Gasteiger partial charge >= 0.3 is 0 Å². The highest BCUT2D eigenvalue weighted by molar-refractivity contribution is 5.76. The lowest BCUT2D eigenvalue weighted by atomic mass is 10.1. The van der Waals surface area contributed by atoms with E-state index in [-0.39, 0.29) is 30.5 Å². The number of hydrogen-bond acceptors (Lipinski definition) is 6. The number of hydrogen-bond donors (Lipinski definition) is 1. The molecule has 2 aromatic heterocycles. The molecular formula is C19H21N5O4. The number of rotatable bonds is 5. The number of carbonyl (C=O) groups excluding carboxylic acids is 1. The Morgan fingerprint density at radius 3 is 2.89 bits per heavy atom. The van der Waals surface area contributed by atoms with Gasteiger partial charge in [0.15, 0.2) is 17.1 Å². The van der Waals surface area contributed by atoms with Crippen LogP contribution < -0.4 is 20.3 Å². The van der Waals surface area contributed by atoms with Crippen LogP contribution in [0, 0.1) is 0 Å². The van der Waals surface area contributed by atoms with Crippen molar-refractivity contribution in [3.63, 3.8) is 0 Å². The van der Waals surface area contributed by atoms with Crippen molar-refractivity contribution in [2.45, 2.75) is 25.9 Å². The third-order valence-electron chi connectivity index (χ3n) is 4.74. The number of nitrogens with one attached hydrogen (secondary N) is 1. The fourth-order valence-corrected chi connectivity index (χ4v) is 3.17. The third kappa shape index (κ3) is 3.42. The normalized spacial score (nSPS) is 14.1. The first kappa shape index (κ1) is 18.0. The summed E-state index contributed by atoms with van der Waals surface area (Å²) >= 11 is 0. The van der Waals surface area contributed by atoms with E-state index in [9.17, 15) is 9.59 Å². The molecule has 0 saturated heterocycles. The van der Waals surface area contributed by atoms with Gasteiger partial charge in [0.2, 0.25) is 5.91 Å². The van der Waals surface area contributed by atoms with Crippen LogP contribution in [-0.4, -0.2) is 38.5 Å². The number of benzene rings is 1. The molecule has 1 unspecified atom stereocenters. The fourth-order valence-electron chi connectivity index (χ4n) is 3.17. The Labute approximate surface area is 160 Å². The molecule has 1 aromatic carbocycles. The van der Waals surface area contributed by atoms with Crippen molar-refractivity contribution in [3.05, 3.63) is 46.6 Å². The van der Waals surface area contributed by atoms with Gasteiger partial charge in [-0.15, -0.1) is 0 Å². The van der Waals surface area contributed by atoms with Gasteiger partial charge in [-0.3, -0.25) is 18.8 Å². The van der Waals surface area contributed by atoms with Crippen LogP contribution in [0.4, 0.5) is 0 Å². The maximum Gasteiger partial charge on any atom is 0.264 e. The quantitative estimate of drug-likeness (QED) is 0.710. The summed E-state index contributed by atoms with van der Waals surface area (Å²) in [5, 5.41) is 7.43. The maximum atomic E-state index is 12.4. The number of nitrogens with zero attached hydrogens (tertiary/aromatic N) is 4. The lowest BCUT2D eigenvalue weighted by Crippen LogP contribution is -2.29. The van der Waals surface area contributed by atoms with Crippen molar-refractivity contribution < 1.29 is 14.3 Å². The lowest BCUT2D eigenvalue weighted by molar-refractivity contribution is -0.121. The van der Waals surface area contributed by atoms with Crippen molar-refractivity contribution in [1.29, 1.82) is 0 Å². The van der Waals surface area contributed by atoms with Crippen molar-refractivity contribution in [2.75, 3.05) is 13.2 Å². The molecule has 0 aliphatic carbocycles. The van der Waals surface area contributed by atoms with E-state index in [1.807, 2.05) is 25.1 Å². The topological polar surface area (TPSA) is 100 Å². The highest BCUT2D eigenvalue weighted by Gasteiger charge is 2.16. The maximum absolute atomic E-state index is 12.4. The summed E-state index contributed by atoms with van der Waals surface area (Å²) < 4.78 is 14.1. The van der Waals surface area contributed by atoms with Gasteiger partial charge in [-0.05, 0) is 24.6 Å². The average Bonchev–Trinajstić information content (AvgIpc) is 3.08. The monoisotopic (exact) mass is 383 g/mol. The first-order chi connectivity index (χ1) is 13.5. The zero-order valence-electron chi connectivity index (χ0n) is 15.7. The van der Waals surface area contributed by atoms with Crippen LogP contribution in [0.3, 0.4) is 0 Å². The largest absolute Gasteiger partial charge is 0.486 e. The Bertz CT molecular complexity index is 1090. The predicted octanol–water partition coefficient (Wildman–Crippen LogP) is 1.17. The van der Waals surface area contributed by atoms with Gasteiger partial charge in [0.05, 0.1) is 18.6 Å². The van der Waals surface area contributed by atoms with E-state index in [0.717, 1.165) is 5.56 Å². The molecule has 0 bridgehead atoms. The molecule has 1 atom stereocenters. The molecule has 1 amide bonds. The summed E-state index contributed by atoms with van der Waals surface area (Å²) in [4.78, 5) is 29.0. The number of carbonyl (C=O) groups is 1. The molecule has 9 heteroatoms. The zero-order chi connectivity index (χ0) is 19.7. The minimum atomic E-state index is -0.203. The number of ether oxygens (including phenoxy) is 2. The van der Waals surface area contributed by atoms with E-state index in [4.69, 9.17) is 9.47 Å². The molecular weight excluding hydrogens is 362 g/mol. The van der Waals surface area contributed by atoms with E-state index in [0.29, 0.717) is 35.7 Å². The summed E-state index contributed by atoms with van der Waals surface area (Å²) in [6.45, 7) is 3.20. The standard InChI is InChI=1S/C19H21N5O4/c1-12(13-3-4-15-16(9-13)28-8-7-27-15)22-17(25)5-6-24-11-20-18-14(19(24)26)10-21-23(18)2/h3-4,9-12H,5-8H2,1-2H3,(H,22,25). The summed E-state index contributed by atoms with van der Waals surface area (Å²) in [6.07, 6.45) is 3.11. The van der Waals surface area contributed by atoms with Gasteiger partial charge in [-0.1, -0.05) is 6.07 Å². The van der Waals surface area contributed by atoms with Crippen LogP contribution in [0.15, 0.2) is 35.5 Å². The molecule has 0 saturated carbocycles. The molecule has 4 rings (SSSR count). The van der Waals surface area contributed by atoms with E-state index in [2.05, 4.69) is 15.4 Å². The number of aryl methyl sites for hydroxylation is 2. The van der Waals surface area contributed by atoms with Gasteiger partial charge in [0.25, 0.3) is 5.56 Å². The second-order valence-electron chi connectivity index (χ2n) is 6.69. The molecule has 0 spiro atoms. The molecule has 1 aliphatic heterocycles. The van der Waals surface area contributed by atoms with Gasteiger partial charge in [0, 0.05) is 20.0 Å². The average molecular weight is 383 g/mol. The van der Waals surface area contributed by atoms with E-state index in [1.54, 1.807) is 11.7 Å². The van der Waals surface area contributed by atoms with Crippen molar-refractivity contribution in [2.24, 2.45) is 7.05 Å². The van der Waals surface area contributed by atoms with Gasteiger partial charge in [-0.25, -0.2) is 4.98 Å². The Balaban J connectivity index is 1.39. The van der Waals surface area contributed by atoms with Crippen LogP contribution in [0.25, 0.3) is 11.0 Å². The number of amides is 1. The first-order valence-electron chi connectivity index (χ1n) is 9.09. The molecule has 1 N–H and O–H groups in total. The Kier molecular flexibility index (Phi) is 4.72. The van der Waals surface area contributed by atoms with E-state index < -0.39 is 0 Å². The first-order valence-corrected chi connectivity index (χ1v) is 9.09. The highest BCUT2D eigenvalue weighted by Crippen LogP contribution is 2.32. The highest BCUT2D eigenvalue weighted by atomic mass is 16.6. The number of aromatic nitrogens is 4. The minimum absolute atomic E-state index is 0.152. The second-order valence-corrected chi connectivity index (χ2v) is 6.69. The lowest BCUT2D eigenvalue weighted by Gasteiger charge is -2.21. The van der Waals surface area contributed by atoms with Gasteiger partial charge in [0.1, 0.15) is 18.6 Å². The smallest absolute Gasteiger partial charge is 0.264 e. The minimum Gasteiger partial charge on any atom is -0.486 e. The predicted molar refractivity (Wildman–Crippen MR) is 101 cm³/mol. The summed E-state index contributed by atoms with van der Waals surface area (Å²) in [5.41, 5.74) is 1.25. The van der Waals surface area contributed by atoms with Crippen molar-refractivity contribution in [3.8, 4) is 11.5 Å². The van der Waals surface area contributed by atoms with Crippen molar-refractivity contribution >= 4 is 16.9 Å². The summed E-state index contributed by atoms with van der Waals surface area (Å²) in [6, 6.07) is 5.44. The zero-order valence-corrected chi connectivity index (χ0v) is 15.7. The van der Waals surface area contributed by atoms with Crippen LogP contribution in [-0.2, 0) is 18.4 Å². The van der Waals surface area contributed by atoms with Gasteiger partial charge < -0.3 is 14.8 Å². The van der Waals surface area contributed by atoms with Crippen LogP contribution in [0.5, 0.6) is 11.5 Å². The fraction of sp³-hybridized carbons (Fsp3) is 0.368. The van der Waals surface area contributed by atoms with Crippen molar-refractivity contribution in [1.82, 2.24) is 24.6 Å². The molecule has 28 heavy (non-hydrogen) atoms. The molecule has 0 fully saturated rings.